The predicted octanol–water partition coefficient (Wildman–Crippen LogP) is 6.74. The van der Waals surface area contributed by atoms with Crippen LogP contribution in [0.5, 0.6) is 0 Å². The molecular weight excluding hydrogens is 521 g/mol. The highest BCUT2D eigenvalue weighted by Gasteiger charge is 2.77. The second kappa shape index (κ2) is 7.94. The average molecular weight is 525 g/mol. The van der Waals surface area contributed by atoms with E-state index in [-0.39, 0.29) is 12.1 Å². The van der Waals surface area contributed by atoms with E-state index in [0.29, 0.717) is 6.07 Å². The molecule has 0 saturated carbocycles. The van der Waals surface area contributed by atoms with Crippen molar-refractivity contribution in [2.24, 2.45) is 4.99 Å². The number of aliphatic imine (C=N–C) groups is 1. The molecule has 1 aromatic carbocycles. The summed E-state index contributed by atoms with van der Waals surface area (Å²) in [6.07, 6.45) is -25.2. The Balaban J connectivity index is 2.75. The SMILES string of the molecule is O=[N+]([O-])c1ccc(NC2=NC(C(F)(F)F)(C(F)(F)F)/C(=C(\F)C(F)(F)F)S2)c(C(F)(F)F)c1. The standard InChI is InChI=1S/C14H4F13N3O2S/c15-7(12(19,20)21)8-10(13(22,23)24,14(25,26)27)29-9(33-8)28-6-2-1-4(30(31)32)3-5(6)11(16,17)18/h1-3H,(H,28,29)/b8-7+. The number of nitro benzene ring substituents is 1. The van der Waals surface area contributed by atoms with Crippen LogP contribution in [0.3, 0.4) is 0 Å². The van der Waals surface area contributed by atoms with E-state index in [0.717, 1.165) is 0 Å². The molecule has 0 amide bonds. The lowest BCUT2D eigenvalue weighted by Gasteiger charge is -2.31. The summed E-state index contributed by atoms with van der Waals surface area (Å²) in [4.78, 5) is 8.39. The molecule has 2 rings (SSSR count). The van der Waals surface area contributed by atoms with Gasteiger partial charge in [0.15, 0.2) is 5.17 Å². The molecule has 1 aromatic rings. The number of hydrogen-bond donors (Lipinski definition) is 1. The van der Waals surface area contributed by atoms with Gasteiger partial charge in [0.05, 0.1) is 21.1 Å². The van der Waals surface area contributed by atoms with Gasteiger partial charge in [0.25, 0.3) is 11.2 Å². The van der Waals surface area contributed by atoms with Gasteiger partial charge in [0.2, 0.25) is 5.83 Å². The molecule has 19 heteroatoms. The minimum absolute atomic E-state index is 0.143. The number of allylic oxidation sites excluding steroid dienone is 1. The molecule has 1 N–H and O–H groups in total. The van der Waals surface area contributed by atoms with Gasteiger partial charge in [-0.2, -0.15) is 52.7 Å². The predicted molar refractivity (Wildman–Crippen MR) is 85.8 cm³/mol. The maximum absolute atomic E-state index is 13.7. The minimum atomic E-state index is -6.71. The van der Waals surface area contributed by atoms with E-state index < -0.39 is 79.8 Å². The fraction of sp³-hybridized carbons (Fsp3) is 0.357. The number of nitro groups is 1. The van der Waals surface area contributed by atoms with Crippen LogP contribution in [0, 0.1) is 10.1 Å². The van der Waals surface area contributed by atoms with Crippen LogP contribution in [0.1, 0.15) is 5.56 Å². The Morgan fingerprint density at radius 2 is 1.48 bits per heavy atom. The zero-order valence-corrected chi connectivity index (χ0v) is 15.6. The molecule has 5 nitrogen and oxygen atoms in total. The number of rotatable bonds is 2. The van der Waals surface area contributed by atoms with Crippen LogP contribution in [-0.4, -0.2) is 34.2 Å². The lowest BCUT2D eigenvalue weighted by molar-refractivity contribution is -0.385. The smallest absolute Gasteiger partial charge is 0.334 e. The number of nitrogens with zero attached hydrogens (tertiary/aromatic N) is 2. The first-order valence-corrected chi connectivity index (χ1v) is 8.46. The molecule has 0 fully saturated rings. The number of halogens is 13. The van der Waals surface area contributed by atoms with Gasteiger partial charge in [-0.05, 0) is 6.07 Å². The Morgan fingerprint density at radius 1 is 0.970 bits per heavy atom. The van der Waals surface area contributed by atoms with Crippen LogP contribution in [0.2, 0.25) is 0 Å². The summed E-state index contributed by atoms with van der Waals surface area (Å²) in [5.74, 6) is -3.82. The van der Waals surface area contributed by atoms with Crippen LogP contribution in [0.4, 0.5) is 68.5 Å². The van der Waals surface area contributed by atoms with Crippen molar-refractivity contribution in [3.63, 3.8) is 0 Å². The molecule has 0 aliphatic carbocycles. The molecule has 0 radical (unpaired) electrons. The zero-order valence-electron chi connectivity index (χ0n) is 14.8. The number of benzene rings is 1. The van der Waals surface area contributed by atoms with Gasteiger partial charge in [0, 0.05) is 12.1 Å². The van der Waals surface area contributed by atoms with E-state index in [9.17, 15) is 67.2 Å². The highest BCUT2D eigenvalue weighted by atomic mass is 32.2. The molecule has 184 valence electrons. The van der Waals surface area contributed by atoms with Crippen LogP contribution in [-0.2, 0) is 6.18 Å². The van der Waals surface area contributed by atoms with Crippen molar-refractivity contribution in [2.75, 3.05) is 5.32 Å². The molecule has 0 atom stereocenters. The Hall–Kier alpha value is -2.73. The normalized spacial score (nSPS) is 18.8. The average Bonchev–Trinajstić information content (AvgIpc) is 2.99. The van der Waals surface area contributed by atoms with Crippen LogP contribution >= 0.6 is 11.8 Å². The summed E-state index contributed by atoms with van der Waals surface area (Å²) in [5, 5.41) is 10.1. The molecule has 33 heavy (non-hydrogen) atoms. The van der Waals surface area contributed by atoms with Crippen molar-refractivity contribution in [1.82, 2.24) is 0 Å². The largest absolute Gasteiger partial charge is 0.443 e. The fourth-order valence-corrected chi connectivity index (χ4v) is 3.60. The van der Waals surface area contributed by atoms with Gasteiger partial charge in [-0.25, -0.2) is 9.38 Å². The first-order chi connectivity index (χ1) is 14.6. The Kier molecular flexibility index (Phi) is 6.38. The monoisotopic (exact) mass is 525 g/mol. The topological polar surface area (TPSA) is 67.5 Å². The van der Waals surface area contributed by atoms with Gasteiger partial charge in [-0.15, -0.1) is 0 Å². The van der Waals surface area contributed by atoms with Gasteiger partial charge < -0.3 is 5.32 Å². The van der Waals surface area contributed by atoms with Crippen molar-refractivity contribution in [3.05, 3.63) is 44.6 Å². The van der Waals surface area contributed by atoms with Crippen LogP contribution < -0.4 is 5.32 Å². The lowest BCUT2D eigenvalue weighted by atomic mass is 9.97. The van der Waals surface area contributed by atoms with Gasteiger partial charge >= 0.3 is 24.7 Å². The summed E-state index contributed by atoms with van der Waals surface area (Å²) in [6, 6.07) is 0.441. The Morgan fingerprint density at radius 3 is 1.88 bits per heavy atom. The number of non-ortho nitro benzene ring substituents is 1. The molecule has 0 spiro atoms. The molecule has 0 unspecified atom stereocenters. The maximum atomic E-state index is 13.7. The number of anilines is 1. The third kappa shape index (κ3) is 4.81. The summed E-state index contributed by atoms with van der Waals surface area (Å²) >= 11 is -1.19. The zero-order chi connectivity index (χ0) is 25.8. The Labute approximate surface area is 176 Å². The molecule has 1 aliphatic heterocycles. The van der Waals surface area contributed by atoms with Crippen LogP contribution in [0.25, 0.3) is 0 Å². The second-order valence-electron chi connectivity index (χ2n) is 5.98. The van der Waals surface area contributed by atoms with E-state index in [2.05, 4.69) is 4.99 Å². The van der Waals surface area contributed by atoms with Gasteiger partial charge in [0.1, 0.15) is 0 Å². The third-order valence-corrected chi connectivity index (χ3v) is 4.89. The number of thioether (sulfide) groups is 1. The Bertz CT molecular complexity index is 1010. The number of hydrogen-bond acceptors (Lipinski definition) is 5. The quantitative estimate of drug-likeness (QED) is 0.264. The van der Waals surface area contributed by atoms with Crippen molar-refractivity contribution in [3.8, 4) is 0 Å². The molecule has 0 aromatic heterocycles. The van der Waals surface area contributed by atoms with E-state index >= 15 is 0 Å². The molecular formula is C14H4F13N3O2S. The van der Waals surface area contributed by atoms with Crippen molar-refractivity contribution in [2.45, 2.75) is 30.2 Å². The summed E-state index contributed by atoms with van der Waals surface area (Å²) in [7, 11) is 0. The highest BCUT2D eigenvalue weighted by Crippen LogP contribution is 2.59. The first kappa shape index (κ1) is 26.5. The van der Waals surface area contributed by atoms with Crippen LogP contribution in [0.15, 0.2) is 33.9 Å². The highest BCUT2D eigenvalue weighted by molar-refractivity contribution is 8.17. The first-order valence-electron chi connectivity index (χ1n) is 7.64. The van der Waals surface area contributed by atoms with E-state index in [1.165, 1.54) is 5.32 Å². The summed E-state index contributed by atoms with van der Waals surface area (Å²) < 4.78 is 171. The maximum Gasteiger partial charge on any atom is 0.443 e. The van der Waals surface area contributed by atoms with Gasteiger partial charge in [-0.1, -0.05) is 11.8 Å². The molecule has 1 heterocycles. The second-order valence-corrected chi connectivity index (χ2v) is 6.97. The molecule has 1 aliphatic rings. The van der Waals surface area contributed by atoms with E-state index in [1.54, 1.807) is 0 Å². The van der Waals surface area contributed by atoms with Crippen molar-refractivity contribution >= 4 is 28.3 Å². The number of alkyl halides is 12. The van der Waals surface area contributed by atoms with Crippen molar-refractivity contribution < 1.29 is 62.0 Å². The van der Waals surface area contributed by atoms with Crippen molar-refractivity contribution in [1.29, 1.82) is 0 Å². The fourth-order valence-electron chi connectivity index (χ4n) is 2.43. The third-order valence-electron chi connectivity index (χ3n) is 3.83. The van der Waals surface area contributed by atoms with E-state index in [4.69, 9.17) is 0 Å². The number of amidine groups is 1. The lowest BCUT2D eigenvalue weighted by Crippen LogP contribution is -2.55. The molecule has 0 bridgehead atoms. The summed E-state index contributed by atoms with van der Waals surface area (Å²) in [5.41, 5.74) is -10.3. The van der Waals surface area contributed by atoms with Gasteiger partial charge in [-0.3, -0.25) is 10.1 Å². The van der Waals surface area contributed by atoms with E-state index in [1.807, 2.05) is 0 Å². The minimum Gasteiger partial charge on any atom is -0.334 e. The number of nitrogens with one attached hydrogen (secondary N) is 1. The molecule has 0 saturated heterocycles. The summed E-state index contributed by atoms with van der Waals surface area (Å²) in [6.45, 7) is 0.